The number of benzene rings is 2. The minimum absolute atomic E-state index is 0.0325. The van der Waals surface area contributed by atoms with Gasteiger partial charge in [0.25, 0.3) is 11.5 Å². The Kier molecular flexibility index (Phi) is 6.62. The van der Waals surface area contributed by atoms with Crippen LogP contribution < -0.4 is 5.56 Å². The van der Waals surface area contributed by atoms with E-state index < -0.39 is 20.0 Å². The van der Waals surface area contributed by atoms with Crippen LogP contribution >= 0.6 is 0 Å². The van der Waals surface area contributed by atoms with Crippen LogP contribution in [0.1, 0.15) is 21.6 Å². The van der Waals surface area contributed by atoms with Crippen molar-refractivity contribution in [2.75, 3.05) is 26.2 Å². The number of halogens is 1. The number of hydrogen-bond donors (Lipinski definition) is 2. The highest BCUT2D eigenvalue weighted by Gasteiger charge is 2.30. The van der Waals surface area contributed by atoms with Crippen molar-refractivity contribution in [1.29, 1.82) is 0 Å². The number of hydrogen-bond acceptors (Lipinski definition) is 5. The zero-order valence-electron chi connectivity index (χ0n) is 19.2. The molecule has 1 aromatic heterocycles. The molecule has 0 spiro atoms. The third-order valence-electron chi connectivity index (χ3n) is 5.91. The fourth-order valence-corrected chi connectivity index (χ4v) is 5.12. The Hall–Kier alpha value is -3.37. The Morgan fingerprint density at radius 3 is 2.38 bits per heavy atom. The van der Waals surface area contributed by atoms with Gasteiger partial charge < -0.3 is 14.6 Å². The molecule has 2 heterocycles. The van der Waals surface area contributed by atoms with E-state index >= 15 is 0 Å². The van der Waals surface area contributed by atoms with Gasteiger partial charge in [0, 0.05) is 44.0 Å². The summed E-state index contributed by atoms with van der Waals surface area (Å²) in [6.07, 6.45) is 0.320. The Morgan fingerprint density at radius 2 is 1.71 bits per heavy atom. The lowest BCUT2D eigenvalue weighted by atomic mass is 10.0. The Balaban J connectivity index is 1.49. The number of fused-ring (bicyclic) bond motifs is 1. The van der Waals surface area contributed by atoms with Crippen LogP contribution in [-0.4, -0.2) is 71.1 Å². The van der Waals surface area contributed by atoms with Gasteiger partial charge in [-0.2, -0.15) is 5.10 Å². The summed E-state index contributed by atoms with van der Waals surface area (Å²) in [5.41, 5.74) is 1.01. The van der Waals surface area contributed by atoms with Crippen molar-refractivity contribution in [3.8, 4) is 0 Å². The average molecular weight is 483 g/mol. The summed E-state index contributed by atoms with van der Waals surface area (Å²) in [6.45, 7) is 4.73. The average Bonchev–Trinajstić information content (AvgIpc) is 2.81. The molecule has 4 rings (SSSR count). The topological polar surface area (TPSA) is 107 Å². The summed E-state index contributed by atoms with van der Waals surface area (Å²) in [5, 5.41) is 7.88. The van der Waals surface area contributed by atoms with Gasteiger partial charge in [-0.15, -0.1) is 0 Å². The lowest BCUT2D eigenvalue weighted by molar-refractivity contribution is -0.130. The van der Waals surface area contributed by atoms with E-state index in [1.165, 1.54) is 12.1 Å². The van der Waals surface area contributed by atoms with E-state index in [1.54, 1.807) is 41.1 Å². The zero-order valence-corrected chi connectivity index (χ0v) is 20.2. The smallest absolute Gasteiger partial charge is 0.272 e. The number of aromatic amines is 1. The number of H-pyrrole nitrogens is 1. The molecule has 178 valence electrons. The summed E-state index contributed by atoms with van der Waals surface area (Å²) < 4.78 is 14.6. The fourth-order valence-electron chi connectivity index (χ4n) is 4.16. The largest absolute Gasteiger partial charge is 0.432 e. The van der Waals surface area contributed by atoms with Gasteiger partial charge in [-0.05, 0) is 36.9 Å². The minimum Gasteiger partial charge on any atom is -0.432 e. The molecule has 0 bridgehead atoms. The van der Waals surface area contributed by atoms with E-state index in [1.807, 2.05) is 12.1 Å². The molecule has 0 saturated carbocycles. The van der Waals surface area contributed by atoms with Crippen molar-refractivity contribution in [3.05, 3.63) is 75.5 Å². The molecule has 8 nitrogen and oxygen atoms in total. The van der Waals surface area contributed by atoms with E-state index in [4.69, 9.17) is 0 Å². The summed E-state index contributed by atoms with van der Waals surface area (Å²) in [6, 6.07) is 11.7. The number of nitrogens with one attached hydrogen (secondary N) is 1. The van der Waals surface area contributed by atoms with Crippen LogP contribution in [0.15, 0.2) is 47.3 Å². The summed E-state index contributed by atoms with van der Waals surface area (Å²) in [4.78, 5) is 50.7. The fraction of sp³-hybridized carbons (Fsp3) is 0.333. The van der Waals surface area contributed by atoms with Gasteiger partial charge in [0.15, 0.2) is 8.32 Å². The summed E-state index contributed by atoms with van der Waals surface area (Å²) in [7, 11) is -2.51. The first kappa shape index (κ1) is 23.8. The van der Waals surface area contributed by atoms with Crippen LogP contribution in [0.3, 0.4) is 0 Å². The molecule has 2 N–H and O–H groups in total. The molecule has 0 atom stereocenters. The molecule has 2 aromatic carbocycles. The van der Waals surface area contributed by atoms with Gasteiger partial charge in [-0.1, -0.05) is 24.3 Å². The first-order chi connectivity index (χ1) is 16.1. The Labute approximate surface area is 197 Å². The number of nitrogens with zero attached hydrogens (tertiary/aromatic N) is 3. The normalized spacial score (nSPS) is 14.5. The maximum atomic E-state index is 14.6. The van der Waals surface area contributed by atoms with E-state index in [2.05, 4.69) is 10.2 Å². The Bertz CT molecular complexity index is 1300. The van der Waals surface area contributed by atoms with Gasteiger partial charge in [0.2, 0.25) is 5.91 Å². The minimum atomic E-state index is -2.51. The molecule has 0 radical (unpaired) electrons. The molecule has 1 fully saturated rings. The highest BCUT2D eigenvalue weighted by atomic mass is 28.4. The van der Waals surface area contributed by atoms with Crippen molar-refractivity contribution < 1.29 is 18.8 Å². The first-order valence-corrected chi connectivity index (χ1v) is 14.3. The van der Waals surface area contributed by atoms with E-state index in [-0.39, 0.29) is 23.1 Å². The van der Waals surface area contributed by atoms with Gasteiger partial charge >= 0.3 is 0 Å². The third-order valence-corrected chi connectivity index (χ3v) is 7.08. The number of carbonyl (C=O) groups is 2. The SMILES string of the molecule is C[Si](C)(O)CC(=O)N1CCN(C(=O)c2cc(Cc3n[nH]c(=O)c4ccccc34)ccc2F)CC1. The second-order valence-corrected chi connectivity index (χ2v) is 13.2. The van der Waals surface area contributed by atoms with E-state index in [9.17, 15) is 23.6 Å². The van der Waals surface area contributed by atoms with Crippen LogP contribution in [0.4, 0.5) is 4.39 Å². The van der Waals surface area contributed by atoms with Gasteiger partial charge in [0.05, 0.1) is 16.6 Å². The number of aromatic nitrogens is 2. The van der Waals surface area contributed by atoms with Crippen molar-refractivity contribution >= 4 is 30.9 Å². The number of carbonyl (C=O) groups excluding carboxylic acids is 2. The molecule has 0 unspecified atom stereocenters. The van der Waals surface area contributed by atoms with Crippen LogP contribution in [0, 0.1) is 5.82 Å². The quantitative estimate of drug-likeness (QED) is 0.542. The second kappa shape index (κ2) is 9.47. The summed E-state index contributed by atoms with van der Waals surface area (Å²) >= 11 is 0. The molecule has 34 heavy (non-hydrogen) atoms. The maximum absolute atomic E-state index is 14.6. The van der Waals surface area contributed by atoms with E-state index in [0.717, 1.165) is 0 Å². The Morgan fingerprint density at radius 1 is 1.06 bits per heavy atom. The van der Waals surface area contributed by atoms with Crippen LogP contribution in [0.5, 0.6) is 0 Å². The monoisotopic (exact) mass is 482 g/mol. The van der Waals surface area contributed by atoms with Crippen molar-refractivity contribution in [3.63, 3.8) is 0 Å². The second-order valence-electron chi connectivity index (χ2n) is 9.20. The van der Waals surface area contributed by atoms with Crippen LogP contribution in [0.25, 0.3) is 10.8 Å². The van der Waals surface area contributed by atoms with Crippen molar-refractivity contribution in [2.45, 2.75) is 25.6 Å². The standard InChI is InChI=1S/C24H27FN4O4Si/c1-34(2,33)15-22(30)28-9-11-29(12-10-28)24(32)19-13-16(7-8-20(19)25)14-21-17-5-3-4-6-18(17)23(31)27-26-21/h3-8,13,33H,9-12,14-15H2,1-2H3,(H,27,31). The molecule has 10 heteroatoms. The zero-order chi connectivity index (χ0) is 24.5. The summed E-state index contributed by atoms with van der Waals surface area (Å²) in [5.74, 6) is -1.15. The molecule has 0 aliphatic carbocycles. The van der Waals surface area contributed by atoms with Crippen molar-refractivity contribution in [1.82, 2.24) is 20.0 Å². The number of piperazine rings is 1. The first-order valence-electron chi connectivity index (χ1n) is 11.2. The van der Waals surface area contributed by atoms with Gasteiger partial charge in [0.1, 0.15) is 5.82 Å². The highest BCUT2D eigenvalue weighted by Crippen LogP contribution is 2.20. The molecular formula is C24H27FN4O4Si. The van der Waals surface area contributed by atoms with Crippen LogP contribution in [0.2, 0.25) is 19.1 Å². The molecule has 2 amide bonds. The number of amides is 2. The molecule has 1 aliphatic rings. The molecule has 3 aromatic rings. The number of rotatable bonds is 5. The predicted octanol–water partition coefficient (Wildman–Crippen LogP) is 2.13. The molecule has 1 aliphatic heterocycles. The maximum Gasteiger partial charge on any atom is 0.272 e. The third kappa shape index (κ3) is 5.23. The van der Waals surface area contributed by atoms with Gasteiger partial charge in [-0.3, -0.25) is 14.4 Å². The highest BCUT2D eigenvalue weighted by molar-refractivity contribution is 6.72. The van der Waals surface area contributed by atoms with Crippen LogP contribution in [-0.2, 0) is 11.2 Å². The predicted molar refractivity (Wildman–Crippen MR) is 129 cm³/mol. The molecule has 1 saturated heterocycles. The lowest BCUT2D eigenvalue weighted by Gasteiger charge is -2.35. The molecular weight excluding hydrogens is 455 g/mol. The van der Waals surface area contributed by atoms with E-state index in [0.29, 0.717) is 54.6 Å². The van der Waals surface area contributed by atoms with Gasteiger partial charge in [-0.25, -0.2) is 9.49 Å². The van der Waals surface area contributed by atoms with Crippen molar-refractivity contribution in [2.24, 2.45) is 0 Å². The lowest BCUT2D eigenvalue weighted by Crippen LogP contribution is -2.51.